The lowest BCUT2D eigenvalue weighted by Crippen LogP contribution is -2.43. The second-order valence-corrected chi connectivity index (χ2v) is 5.38. The Morgan fingerprint density at radius 3 is 2.75 bits per heavy atom. The van der Waals surface area contributed by atoms with E-state index >= 15 is 0 Å². The third-order valence-electron chi connectivity index (χ3n) is 3.65. The normalized spacial score (nSPS) is 16.4. The number of hydrogen-bond donors (Lipinski definition) is 2. The summed E-state index contributed by atoms with van der Waals surface area (Å²) in [5.41, 5.74) is 0.256. The molecule has 1 fully saturated rings. The Labute approximate surface area is 118 Å². The van der Waals surface area contributed by atoms with Crippen LogP contribution in [-0.2, 0) is 0 Å². The van der Waals surface area contributed by atoms with Crippen molar-refractivity contribution in [3.8, 4) is 11.8 Å². The highest BCUT2D eigenvalue weighted by molar-refractivity contribution is 5.95. The fourth-order valence-electron chi connectivity index (χ4n) is 2.54. The molecule has 0 bridgehead atoms. The van der Waals surface area contributed by atoms with Crippen LogP contribution in [0.3, 0.4) is 0 Å². The highest BCUT2D eigenvalue weighted by atomic mass is 19.1. The summed E-state index contributed by atoms with van der Waals surface area (Å²) in [6, 6.07) is 4.23. The van der Waals surface area contributed by atoms with Gasteiger partial charge in [0.05, 0.1) is 5.56 Å². The van der Waals surface area contributed by atoms with Crippen molar-refractivity contribution >= 4 is 5.91 Å². The summed E-state index contributed by atoms with van der Waals surface area (Å²) in [4.78, 5) is 12.1. The van der Waals surface area contributed by atoms with Crippen molar-refractivity contribution in [1.29, 1.82) is 0 Å². The maximum absolute atomic E-state index is 13.9. The smallest absolute Gasteiger partial charge is 0.254 e. The van der Waals surface area contributed by atoms with Gasteiger partial charge in [0.25, 0.3) is 5.91 Å². The van der Waals surface area contributed by atoms with Crippen LogP contribution in [0.1, 0.15) is 48.5 Å². The number of benzene rings is 1. The molecule has 1 aromatic rings. The summed E-state index contributed by atoms with van der Waals surface area (Å²) in [6.07, 6.45) is 4.05. The quantitative estimate of drug-likeness (QED) is 0.813. The zero-order chi connectivity index (χ0) is 14.6. The predicted octanol–water partition coefficient (Wildman–Crippen LogP) is 2.23. The molecule has 0 radical (unpaired) electrons. The first kappa shape index (κ1) is 14.5. The molecule has 0 aromatic heterocycles. The summed E-state index contributed by atoms with van der Waals surface area (Å²) in [6.45, 7) is 1.72. The van der Waals surface area contributed by atoms with Crippen molar-refractivity contribution in [2.75, 3.05) is 6.61 Å². The van der Waals surface area contributed by atoms with Gasteiger partial charge in [-0.05, 0) is 38.0 Å². The van der Waals surface area contributed by atoms with Crippen molar-refractivity contribution in [2.24, 2.45) is 0 Å². The van der Waals surface area contributed by atoms with Gasteiger partial charge < -0.3 is 10.4 Å². The van der Waals surface area contributed by atoms with Crippen molar-refractivity contribution in [1.82, 2.24) is 5.32 Å². The van der Waals surface area contributed by atoms with E-state index in [1.54, 1.807) is 6.07 Å². The number of rotatable bonds is 2. The molecule has 2 rings (SSSR count). The summed E-state index contributed by atoms with van der Waals surface area (Å²) < 4.78 is 13.9. The van der Waals surface area contributed by atoms with Gasteiger partial charge in [0, 0.05) is 11.1 Å². The lowest BCUT2D eigenvalue weighted by molar-refractivity contribution is 0.0904. The molecule has 0 unspecified atom stereocenters. The number of carbonyl (C=O) groups excluding carboxylic acids is 1. The minimum atomic E-state index is -0.589. The number of nitrogens with one attached hydrogen (secondary N) is 1. The molecule has 1 aliphatic rings. The molecule has 1 saturated carbocycles. The Bertz CT molecular complexity index is 566. The second kappa shape index (κ2) is 6.06. The van der Waals surface area contributed by atoms with Crippen LogP contribution in [0.2, 0.25) is 0 Å². The molecule has 0 aliphatic heterocycles. The van der Waals surface area contributed by atoms with Crippen molar-refractivity contribution in [3.63, 3.8) is 0 Å². The molecule has 1 aliphatic carbocycles. The third kappa shape index (κ3) is 3.37. The van der Waals surface area contributed by atoms with E-state index < -0.39 is 5.82 Å². The van der Waals surface area contributed by atoms with Crippen LogP contribution in [0.4, 0.5) is 4.39 Å². The molecule has 1 aromatic carbocycles. The number of amides is 1. The lowest BCUT2D eigenvalue weighted by Gasteiger charge is -2.25. The first-order valence-corrected chi connectivity index (χ1v) is 6.76. The molecule has 20 heavy (non-hydrogen) atoms. The number of carbonyl (C=O) groups is 1. The number of hydrogen-bond acceptors (Lipinski definition) is 2. The monoisotopic (exact) mass is 275 g/mol. The average molecular weight is 275 g/mol. The van der Waals surface area contributed by atoms with Gasteiger partial charge in [-0.2, -0.15) is 0 Å². The lowest BCUT2D eigenvalue weighted by atomic mass is 9.99. The van der Waals surface area contributed by atoms with Gasteiger partial charge in [0.15, 0.2) is 0 Å². The van der Waals surface area contributed by atoms with Gasteiger partial charge >= 0.3 is 0 Å². The molecule has 2 N–H and O–H groups in total. The van der Waals surface area contributed by atoms with E-state index in [9.17, 15) is 9.18 Å². The first-order valence-electron chi connectivity index (χ1n) is 6.76. The minimum Gasteiger partial charge on any atom is -0.384 e. The summed E-state index contributed by atoms with van der Waals surface area (Å²) >= 11 is 0. The van der Waals surface area contributed by atoms with Crippen LogP contribution in [0, 0.1) is 17.7 Å². The average Bonchev–Trinajstić information content (AvgIpc) is 2.82. The molecule has 0 spiro atoms. The van der Waals surface area contributed by atoms with Crippen LogP contribution >= 0.6 is 0 Å². The van der Waals surface area contributed by atoms with E-state index in [1.165, 1.54) is 12.1 Å². The fourth-order valence-corrected chi connectivity index (χ4v) is 2.54. The fraction of sp³-hybridized carbons (Fsp3) is 0.438. The topological polar surface area (TPSA) is 49.3 Å². The van der Waals surface area contributed by atoms with E-state index in [2.05, 4.69) is 17.2 Å². The number of aliphatic hydroxyl groups is 1. The number of aliphatic hydroxyl groups excluding tert-OH is 1. The molecule has 0 saturated heterocycles. The molecule has 1 amide bonds. The Morgan fingerprint density at radius 1 is 1.45 bits per heavy atom. The van der Waals surface area contributed by atoms with E-state index in [1.807, 2.05) is 6.92 Å². The second-order valence-electron chi connectivity index (χ2n) is 5.38. The SMILES string of the molecule is CC1(NC(=O)c2ccc(C#CCO)cc2F)CCCC1. The predicted molar refractivity (Wildman–Crippen MR) is 74.7 cm³/mol. The van der Waals surface area contributed by atoms with Crippen LogP contribution in [-0.4, -0.2) is 23.2 Å². The van der Waals surface area contributed by atoms with E-state index in [0.717, 1.165) is 25.7 Å². The van der Waals surface area contributed by atoms with E-state index in [-0.39, 0.29) is 23.6 Å². The largest absolute Gasteiger partial charge is 0.384 e. The Hall–Kier alpha value is -1.86. The maximum Gasteiger partial charge on any atom is 0.254 e. The Morgan fingerprint density at radius 2 is 2.15 bits per heavy atom. The number of halogens is 1. The zero-order valence-electron chi connectivity index (χ0n) is 11.5. The van der Waals surface area contributed by atoms with Crippen molar-refractivity contribution < 1.29 is 14.3 Å². The van der Waals surface area contributed by atoms with Crippen LogP contribution in [0.5, 0.6) is 0 Å². The summed E-state index contributed by atoms with van der Waals surface area (Å²) in [7, 11) is 0. The van der Waals surface area contributed by atoms with Crippen molar-refractivity contribution in [2.45, 2.75) is 38.1 Å². The van der Waals surface area contributed by atoms with Gasteiger partial charge in [-0.25, -0.2) is 4.39 Å². The molecule has 0 heterocycles. The molecule has 0 atom stereocenters. The van der Waals surface area contributed by atoms with Gasteiger partial charge in [-0.15, -0.1) is 0 Å². The summed E-state index contributed by atoms with van der Waals surface area (Å²) in [5.74, 6) is 4.08. The third-order valence-corrected chi connectivity index (χ3v) is 3.65. The molecule has 4 heteroatoms. The molecule has 3 nitrogen and oxygen atoms in total. The van der Waals surface area contributed by atoms with Crippen LogP contribution in [0.15, 0.2) is 18.2 Å². The highest BCUT2D eigenvalue weighted by Gasteiger charge is 2.30. The van der Waals surface area contributed by atoms with Crippen LogP contribution < -0.4 is 5.32 Å². The van der Waals surface area contributed by atoms with Crippen LogP contribution in [0.25, 0.3) is 0 Å². The van der Waals surface area contributed by atoms with Gasteiger partial charge in [0.2, 0.25) is 0 Å². The zero-order valence-corrected chi connectivity index (χ0v) is 11.5. The van der Waals surface area contributed by atoms with Crippen molar-refractivity contribution in [3.05, 3.63) is 35.1 Å². The van der Waals surface area contributed by atoms with Gasteiger partial charge in [-0.3, -0.25) is 4.79 Å². The summed E-state index contributed by atoms with van der Waals surface area (Å²) in [5, 5.41) is 11.5. The Kier molecular flexibility index (Phi) is 4.41. The van der Waals surface area contributed by atoms with Gasteiger partial charge in [-0.1, -0.05) is 24.7 Å². The van der Waals surface area contributed by atoms with E-state index in [4.69, 9.17) is 5.11 Å². The minimum absolute atomic E-state index is 0.0349. The standard InChI is InChI=1S/C16H18FNO2/c1-16(8-2-3-9-16)18-15(20)13-7-6-12(5-4-10-19)11-14(13)17/h6-7,11,19H,2-3,8-10H2,1H3,(H,18,20). The van der Waals surface area contributed by atoms with Gasteiger partial charge in [0.1, 0.15) is 12.4 Å². The molecule has 106 valence electrons. The maximum atomic E-state index is 13.9. The van der Waals surface area contributed by atoms with E-state index in [0.29, 0.717) is 5.56 Å². The molecular formula is C16H18FNO2. The molecular weight excluding hydrogens is 257 g/mol. The Balaban J connectivity index is 2.14. The first-order chi connectivity index (χ1) is 9.54. The highest BCUT2D eigenvalue weighted by Crippen LogP contribution is 2.29.